The van der Waals surface area contributed by atoms with Crippen molar-refractivity contribution in [2.45, 2.75) is 26.8 Å². The van der Waals surface area contributed by atoms with Crippen LogP contribution in [0.25, 0.3) is 10.7 Å². The van der Waals surface area contributed by atoms with Crippen LogP contribution in [0.4, 0.5) is 0 Å². The zero-order valence-electron chi connectivity index (χ0n) is 10.1. The van der Waals surface area contributed by atoms with Gasteiger partial charge < -0.3 is 5.32 Å². The van der Waals surface area contributed by atoms with E-state index < -0.39 is 0 Å². The van der Waals surface area contributed by atoms with Gasteiger partial charge in [0.15, 0.2) is 0 Å². The summed E-state index contributed by atoms with van der Waals surface area (Å²) in [4.78, 5) is 14.1. The van der Waals surface area contributed by atoms with Crippen LogP contribution in [0.2, 0.25) is 0 Å². The van der Waals surface area contributed by atoms with Gasteiger partial charge in [-0.25, -0.2) is 15.0 Å². The predicted octanol–water partition coefficient (Wildman–Crippen LogP) is 2.41. The standard InChI is InChI=1S/C12H16N4S/c1-3-5-13-7-10-8-15-12(17-10)11-4-6-14-9(2)16-11/h4,6,8,13H,3,5,7H2,1-2H3. The second-order valence-electron chi connectivity index (χ2n) is 3.80. The molecule has 0 fully saturated rings. The number of thiazole rings is 1. The molecule has 0 radical (unpaired) electrons. The van der Waals surface area contributed by atoms with Gasteiger partial charge in [-0.15, -0.1) is 11.3 Å². The number of nitrogens with zero attached hydrogens (tertiary/aromatic N) is 3. The lowest BCUT2D eigenvalue weighted by atomic mass is 10.4. The molecule has 0 amide bonds. The van der Waals surface area contributed by atoms with Crippen LogP contribution < -0.4 is 5.32 Å². The summed E-state index contributed by atoms with van der Waals surface area (Å²) in [7, 11) is 0. The third-order valence-corrected chi connectivity index (χ3v) is 3.29. The molecule has 4 nitrogen and oxygen atoms in total. The molecule has 0 saturated heterocycles. The first-order valence-electron chi connectivity index (χ1n) is 5.75. The van der Waals surface area contributed by atoms with Crippen LogP contribution in [-0.4, -0.2) is 21.5 Å². The molecule has 0 bridgehead atoms. The Hall–Kier alpha value is -1.33. The topological polar surface area (TPSA) is 50.7 Å². The zero-order valence-corrected chi connectivity index (χ0v) is 10.9. The third kappa shape index (κ3) is 3.31. The molecule has 2 heterocycles. The Kier molecular flexibility index (Phi) is 4.17. The van der Waals surface area contributed by atoms with E-state index in [4.69, 9.17) is 0 Å². The molecule has 1 N–H and O–H groups in total. The van der Waals surface area contributed by atoms with Crippen molar-refractivity contribution < 1.29 is 0 Å². The number of rotatable bonds is 5. The van der Waals surface area contributed by atoms with Gasteiger partial charge in [0.2, 0.25) is 0 Å². The van der Waals surface area contributed by atoms with E-state index >= 15 is 0 Å². The lowest BCUT2D eigenvalue weighted by molar-refractivity contribution is 0.681. The first kappa shape index (κ1) is 12.1. The van der Waals surface area contributed by atoms with Gasteiger partial charge in [-0.2, -0.15) is 0 Å². The predicted molar refractivity (Wildman–Crippen MR) is 69.9 cm³/mol. The average Bonchev–Trinajstić information content (AvgIpc) is 2.78. The van der Waals surface area contributed by atoms with Gasteiger partial charge in [-0.05, 0) is 26.0 Å². The first-order valence-corrected chi connectivity index (χ1v) is 6.56. The van der Waals surface area contributed by atoms with E-state index in [9.17, 15) is 0 Å². The van der Waals surface area contributed by atoms with Crippen LogP contribution in [0.1, 0.15) is 24.0 Å². The van der Waals surface area contributed by atoms with E-state index in [2.05, 4.69) is 27.2 Å². The quantitative estimate of drug-likeness (QED) is 0.826. The summed E-state index contributed by atoms with van der Waals surface area (Å²) in [5, 5.41) is 4.33. The van der Waals surface area contributed by atoms with Gasteiger partial charge in [0, 0.05) is 23.8 Å². The van der Waals surface area contributed by atoms with E-state index in [1.807, 2.05) is 19.2 Å². The normalized spacial score (nSPS) is 10.7. The molecular formula is C12H16N4S. The highest BCUT2D eigenvalue weighted by molar-refractivity contribution is 7.14. The van der Waals surface area contributed by atoms with Crippen molar-refractivity contribution in [1.82, 2.24) is 20.3 Å². The summed E-state index contributed by atoms with van der Waals surface area (Å²) >= 11 is 1.68. The summed E-state index contributed by atoms with van der Waals surface area (Å²) in [5.74, 6) is 0.781. The molecule has 0 saturated carbocycles. The average molecular weight is 248 g/mol. The molecular weight excluding hydrogens is 232 g/mol. The fourth-order valence-corrected chi connectivity index (χ4v) is 2.32. The Labute approximate surface area is 105 Å². The smallest absolute Gasteiger partial charge is 0.142 e. The number of aromatic nitrogens is 3. The Balaban J connectivity index is 2.07. The van der Waals surface area contributed by atoms with Crippen molar-refractivity contribution in [1.29, 1.82) is 0 Å². The van der Waals surface area contributed by atoms with E-state index in [-0.39, 0.29) is 0 Å². The van der Waals surface area contributed by atoms with Crippen molar-refractivity contribution in [2.24, 2.45) is 0 Å². The molecule has 2 rings (SSSR count). The molecule has 0 spiro atoms. The van der Waals surface area contributed by atoms with E-state index in [1.165, 1.54) is 4.88 Å². The molecule has 17 heavy (non-hydrogen) atoms. The second kappa shape index (κ2) is 5.84. The summed E-state index contributed by atoms with van der Waals surface area (Å²) in [6.45, 7) is 5.98. The molecule has 0 unspecified atom stereocenters. The monoisotopic (exact) mass is 248 g/mol. The molecule has 0 aliphatic rings. The summed E-state index contributed by atoms with van der Waals surface area (Å²) < 4.78 is 0. The molecule has 0 aliphatic carbocycles. The zero-order chi connectivity index (χ0) is 12.1. The number of aryl methyl sites for hydroxylation is 1. The lowest BCUT2D eigenvalue weighted by Gasteiger charge is -1.98. The summed E-state index contributed by atoms with van der Waals surface area (Å²) in [6, 6.07) is 1.90. The van der Waals surface area contributed by atoms with Gasteiger partial charge in [0.05, 0.1) is 0 Å². The van der Waals surface area contributed by atoms with E-state index in [0.29, 0.717) is 0 Å². The minimum atomic E-state index is 0.781. The number of nitrogens with one attached hydrogen (secondary N) is 1. The van der Waals surface area contributed by atoms with Crippen LogP contribution in [-0.2, 0) is 6.54 Å². The third-order valence-electron chi connectivity index (χ3n) is 2.27. The largest absolute Gasteiger partial charge is 0.312 e. The van der Waals surface area contributed by atoms with Crippen molar-refractivity contribution in [3.05, 3.63) is 29.2 Å². The van der Waals surface area contributed by atoms with Crippen molar-refractivity contribution in [3.63, 3.8) is 0 Å². The van der Waals surface area contributed by atoms with E-state index in [1.54, 1.807) is 17.5 Å². The number of hydrogen-bond donors (Lipinski definition) is 1. The van der Waals surface area contributed by atoms with E-state index in [0.717, 1.165) is 36.0 Å². The molecule has 0 atom stereocenters. The van der Waals surface area contributed by atoms with Crippen molar-refractivity contribution >= 4 is 11.3 Å². The highest BCUT2D eigenvalue weighted by Gasteiger charge is 2.06. The molecule has 0 aliphatic heterocycles. The van der Waals surface area contributed by atoms with Crippen LogP contribution in [0.3, 0.4) is 0 Å². The maximum atomic E-state index is 4.39. The Morgan fingerprint density at radius 1 is 1.35 bits per heavy atom. The highest BCUT2D eigenvalue weighted by atomic mass is 32.1. The minimum Gasteiger partial charge on any atom is -0.312 e. The Bertz CT molecular complexity index is 481. The fraction of sp³-hybridized carbons (Fsp3) is 0.417. The molecule has 2 aromatic rings. The highest BCUT2D eigenvalue weighted by Crippen LogP contribution is 2.22. The molecule has 90 valence electrons. The van der Waals surface area contributed by atoms with Crippen LogP contribution in [0.15, 0.2) is 18.5 Å². The molecule has 2 aromatic heterocycles. The lowest BCUT2D eigenvalue weighted by Crippen LogP contribution is -2.12. The van der Waals surface area contributed by atoms with Crippen LogP contribution in [0.5, 0.6) is 0 Å². The Morgan fingerprint density at radius 2 is 2.24 bits per heavy atom. The first-order chi connectivity index (χ1) is 8.29. The molecule has 5 heteroatoms. The number of hydrogen-bond acceptors (Lipinski definition) is 5. The minimum absolute atomic E-state index is 0.781. The summed E-state index contributed by atoms with van der Waals surface area (Å²) in [5.41, 5.74) is 0.907. The fourth-order valence-electron chi connectivity index (χ4n) is 1.47. The van der Waals surface area contributed by atoms with Crippen LogP contribution in [0, 0.1) is 6.92 Å². The summed E-state index contributed by atoms with van der Waals surface area (Å²) in [6.07, 6.45) is 4.84. The maximum absolute atomic E-state index is 4.39. The van der Waals surface area contributed by atoms with Gasteiger partial charge in [-0.3, -0.25) is 0 Å². The van der Waals surface area contributed by atoms with Gasteiger partial charge in [-0.1, -0.05) is 6.92 Å². The van der Waals surface area contributed by atoms with Gasteiger partial charge >= 0.3 is 0 Å². The van der Waals surface area contributed by atoms with Crippen molar-refractivity contribution in [2.75, 3.05) is 6.54 Å². The molecule has 0 aromatic carbocycles. The van der Waals surface area contributed by atoms with Crippen molar-refractivity contribution in [3.8, 4) is 10.7 Å². The Morgan fingerprint density at radius 3 is 3.00 bits per heavy atom. The maximum Gasteiger partial charge on any atom is 0.142 e. The van der Waals surface area contributed by atoms with Gasteiger partial charge in [0.25, 0.3) is 0 Å². The second-order valence-corrected chi connectivity index (χ2v) is 4.91. The SMILES string of the molecule is CCCNCc1cnc(-c2ccnc(C)n2)s1. The van der Waals surface area contributed by atoms with Crippen LogP contribution >= 0.6 is 11.3 Å². The van der Waals surface area contributed by atoms with Gasteiger partial charge in [0.1, 0.15) is 16.5 Å².